The Hall–Kier alpha value is -0.650. The van der Waals surface area contributed by atoms with E-state index < -0.39 is 5.54 Å². The monoisotopic (exact) mass is 301 g/mol. The molecule has 0 aromatic carbocycles. The van der Waals surface area contributed by atoms with E-state index in [9.17, 15) is 4.79 Å². The van der Waals surface area contributed by atoms with Crippen LogP contribution in [-0.4, -0.2) is 75.2 Å². The number of likely N-dealkylation sites (N-methyl/N-ethyl adjacent to an activating group) is 3. The average molecular weight is 301 g/mol. The number of esters is 1. The van der Waals surface area contributed by atoms with Crippen LogP contribution in [0, 0.1) is 0 Å². The molecule has 0 saturated heterocycles. The molecule has 0 aliphatic rings. The van der Waals surface area contributed by atoms with Gasteiger partial charge in [-0.2, -0.15) is 0 Å². The molecule has 0 aromatic rings. The van der Waals surface area contributed by atoms with Gasteiger partial charge in [0.1, 0.15) is 5.54 Å². The Morgan fingerprint density at radius 1 is 1.10 bits per heavy atom. The van der Waals surface area contributed by atoms with Crippen LogP contribution in [0.5, 0.6) is 0 Å². The Morgan fingerprint density at radius 3 is 2.29 bits per heavy atom. The summed E-state index contributed by atoms with van der Waals surface area (Å²) in [6.45, 7) is 10.3. The second-order valence-corrected chi connectivity index (χ2v) is 6.15. The quantitative estimate of drug-likeness (QED) is 0.438. The number of hydrogen-bond acceptors (Lipinski definition) is 5. The number of unbranched alkanes of at least 4 members (excludes halogenated alkanes) is 1. The van der Waals surface area contributed by atoms with Gasteiger partial charge >= 0.3 is 5.97 Å². The van der Waals surface area contributed by atoms with Gasteiger partial charge in [0.05, 0.1) is 6.61 Å². The van der Waals surface area contributed by atoms with Crippen molar-refractivity contribution >= 4 is 5.97 Å². The lowest BCUT2D eigenvalue weighted by Gasteiger charge is -2.28. The van der Waals surface area contributed by atoms with Gasteiger partial charge in [-0.15, -0.1) is 0 Å². The van der Waals surface area contributed by atoms with Gasteiger partial charge in [0.2, 0.25) is 0 Å². The summed E-state index contributed by atoms with van der Waals surface area (Å²) in [5.41, 5.74) is -0.549. The van der Waals surface area contributed by atoms with Crippen LogP contribution in [0.3, 0.4) is 0 Å². The van der Waals surface area contributed by atoms with Crippen molar-refractivity contribution in [1.29, 1.82) is 0 Å². The highest BCUT2D eigenvalue weighted by Gasteiger charge is 2.32. The molecule has 0 spiro atoms. The molecule has 0 amide bonds. The summed E-state index contributed by atoms with van der Waals surface area (Å²) in [5.74, 6) is -0.132. The number of carbonyl (C=O) groups excluding carboxylic acids is 1. The molecule has 0 bridgehead atoms. The van der Waals surface area contributed by atoms with Crippen LogP contribution in [0.2, 0.25) is 0 Å². The third-order valence-electron chi connectivity index (χ3n) is 3.69. The highest BCUT2D eigenvalue weighted by molar-refractivity contribution is 5.80. The Balaban J connectivity index is 4.06. The van der Waals surface area contributed by atoms with Crippen molar-refractivity contribution in [2.75, 3.05) is 53.9 Å². The zero-order valence-corrected chi connectivity index (χ0v) is 14.9. The largest absolute Gasteiger partial charge is 0.465 e. The van der Waals surface area contributed by atoms with E-state index in [4.69, 9.17) is 4.74 Å². The number of nitrogens with one attached hydrogen (secondary N) is 1. The van der Waals surface area contributed by atoms with Gasteiger partial charge in [0.25, 0.3) is 0 Å². The third-order valence-corrected chi connectivity index (χ3v) is 3.69. The highest BCUT2D eigenvalue weighted by atomic mass is 16.5. The molecule has 126 valence electrons. The summed E-state index contributed by atoms with van der Waals surface area (Å²) in [4.78, 5) is 16.6. The van der Waals surface area contributed by atoms with E-state index in [1.165, 1.54) is 0 Å². The van der Waals surface area contributed by atoms with E-state index in [1.807, 2.05) is 20.8 Å². The first-order valence-electron chi connectivity index (χ1n) is 8.11. The molecule has 0 rings (SSSR count). The predicted octanol–water partition coefficient (Wildman–Crippen LogP) is 1.58. The molecule has 0 aromatic heterocycles. The molecule has 1 N–H and O–H groups in total. The molecule has 1 unspecified atom stereocenters. The van der Waals surface area contributed by atoms with Crippen LogP contribution >= 0.6 is 0 Å². The summed E-state index contributed by atoms with van der Waals surface area (Å²) >= 11 is 0. The molecule has 5 heteroatoms. The fourth-order valence-electron chi connectivity index (χ4n) is 2.29. The van der Waals surface area contributed by atoms with Crippen molar-refractivity contribution in [1.82, 2.24) is 15.1 Å². The first-order valence-corrected chi connectivity index (χ1v) is 8.11. The van der Waals surface area contributed by atoms with Gasteiger partial charge in [-0.25, -0.2) is 0 Å². The molecule has 1 atom stereocenters. The smallest absolute Gasteiger partial charge is 0.326 e. The van der Waals surface area contributed by atoms with Crippen LogP contribution in [0.15, 0.2) is 0 Å². The Bertz CT molecular complexity index is 285. The average Bonchev–Trinajstić information content (AvgIpc) is 2.42. The second kappa shape index (κ2) is 11.0. The van der Waals surface area contributed by atoms with Gasteiger partial charge in [0, 0.05) is 13.1 Å². The van der Waals surface area contributed by atoms with E-state index in [1.54, 1.807) is 0 Å². The van der Waals surface area contributed by atoms with Gasteiger partial charge in [-0.05, 0) is 67.3 Å². The fraction of sp³-hybridized carbons (Fsp3) is 0.938. The SMILES string of the molecule is CCNC(C)(CCCCN(C)CCN(C)C)C(=O)OCC. The molecule has 5 nitrogen and oxygen atoms in total. The summed E-state index contributed by atoms with van der Waals surface area (Å²) in [5, 5.41) is 3.28. The lowest BCUT2D eigenvalue weighted by Crippen LogP contribution is -2.50. The topological polar surface area (TPSA) is 44.8 Å². The lowest BCUT2D eigenvalue weighted by atomic mass is 9.94. The molecule has 0 saturated carbocycles. The first kappa shape index (κ1) is 20.3. The number of rotatable bonds is 12. The van der Waals surface area contributed by atoms with E-state index in [0.717, 1.165) is 45.4 Å². The maximum atomic E-state index is 12.1. The standard InChI is InChI=1S/C16H35N3O2/c1-7-17-16(3,15(20)21-8-2)11-9-10-12-19(6)14-13-18(4)5/h17H,7-14H2,1-6H3. The second-order valence-electron chi connectivity index (χ2n) is 6.15. The Morgan fingerprint density at radius 2 is 1.76 bits per heavy atom. The fourth-order valence-corrected chi connectivity index (χ4v) is 2.29. The van der Waals surface area contributed by atoms with Gasteiger partial charge in [0.15, 0.2) is 0 Å². The molecule has 0 fully saturated rings. The van der Waals surface area contributed by atoms with Crippen LogP contribution in [0.25, 0.3) is 0 Å². The molecule has 0 aliphatic carbocycles. The van der Waals surface area contributed by atoms with Crippen LogP contribution in [0.1, 0.15) is 40.0 Å². The summed E-state index contributed by atoms with van der Waals surface area (Å²) in [6, 6.07) is 0. The number of carbonyl (C=O) groups is 1. The number of hydrogen-bond donors (Lipinski definition) is 1. The van der Waals surface area contributed by atoms with Crippen molar-refractivity contribution in [3.63, 3.8) is 0 Å². The molecular weight excluding hydrogens is 266 g/mol. The minimum absolute atomic E-state index is 0.132. The van der Waals surface area contributed by atoms with Crippen molar-refractivity contribution in [2.24, 2.45) is 0 Å². The van der Waals surface area contributed by atoms with Gasteiger partial charge in [-0.3, -0.25) is 4.79 Å². The highest BCUT2D eigenvalue weighted by Crippen LogP contribution is 2.16. The van der Waals surface area contributed by atoms with E-state index >= 15 is 0 Å². The summed E-state index contributed by atoms with van der Waals surface area (Å²) in [6.07, 6.45) is 2.94. The molecular formula is C16H35N3O2. The van der Waals surface area contributed by atoms with Crippen LogP contribution < -0.4 is 5.32 Å². The maximum Gasteiger partial charge on any atom is 0.326 e. The summed E-state index contributed by atoms with van der Waals surface area (Å²) in [7, 11) is 6.34. The predicted molar refractivity (Wildman–Crippen MR) is 88.6 cm³/mol. The molecule has 21 heavy (non-hydrogen) atoms. The number of ether oxygens (including phenoxy) is 1. The van der Waals surface area contributed by atoms with Gasteiger partial charge < -0.3 is 19.9 Å². The van der Waals surface area contributed by atoms with Crippen molar-refractivity contribution in [3.05, 3.63) is 0 Å². The van der Waals surface area contributed by atoms with Crippen molar-refractivity contribution < 1.29 is 9.53 Å². The molecule has 0 heterocycles. The normalized spacial score (nSPS) is 14.5. The van der Waals surface area contributed by atoms with E-state index in [0.29, 0.717) is 6.61 Å². The molecule has 0 aliphatic heterocycles. The van der Waals surface area contributed by atoms with Gasteiger partial charge in [-0.1, -0.05) is 6.92 Å². The van der Waals surface area contributed by atoms with Crippen molar-refractivity contribution in [3.8, 4) is 0 Å². The minimum atomic E-state index is -0.549. The summed E-state index contributed by atoms with van der Waals surface area (Å²) < 4.78 is 5.19. The zero-order valence-electron chi connectivity index (χ0n) is 14.9. The third kappa shape index (κ3) is 9.06. The first-order chi connectivity index (χ1) is 9.85. The number of nitrogens with zero attached hydrogens (tertiary/aromatic N) is 2. The minimum Gasteiger partial charge on any atom is -0.465 e. The van der Waals surface area contributed by atoms with E-state index in [-0.39, 0.29) is 5.97 Å². The maximum absolute atomic E-state index is 12.1. The zero-order chi connectivity index (χ0) is 16.3. The van der Waals surface area contributed by atoms with Crippen molar-refractivity contribution in [2.45, 2.75) is 45.6 Å². The Labute approximate surface area is 131 Å². The lowest BCUT2D eigenvalue weighted by molar-refractivity contribution is -0.150. The van der Waals surface area contributed by atoms with E-state index in [2.05, 4.69) is 36.3 Å². The van der Waals surface area contributed by atoms with Crippen LogP contribution in [0.4, 0.5) is 0 Å². The Kier molecular flexibility index (Phi) is 10.6. The van der Waals surface area contributed by atoms with Crippen LogP contribution in [-0.2, 0) is 9.53 Å². The molecule has 0 radical (unpaired) electrons.